The van der Waals surface area contributed by atoms with Crippen molar-refractivity contribution in [1.29, 1.82) is 0 Å². The summed E-state index contributed by atoms with van der Waals surface area (Å²) in [6, 6.07) is 72.4. The smallest absolute Gasteiger partial charge is 0.0546 e. The van der Waals surface area contributed by atoms with Crippen molar-refractivity contribution in [3.63, 3.8) is 0 Å². The van der Waals surface area contributed by atoms with Crippen LogP contribution < -0.4 is 4.90 Å². The topological polar surface area (TPSA) is 3.24 Å². The molecule has 9 aromatic carbocycles. The lowest BCUT2D eigenvalue weighted by atomic mass is 9.94. The molecule has 0 radical (unpaired) electrons. The van der Waals surface area contributed by atoms with Crippen LogP contribution in [0.25, 0.3) is 65.7 Å². The van der Waals surface area contributed by atoms with Gasteiger partial charge in [-0.1, -0.05) is 176 Å². The van der Waals surface area contributed by atoms with Crippen LogP contribution in [0.15, 0.2) is 200 Å². The van der Waals surface area contributed by atoms with Gasteiger partial charge in [-0.3, -0.25) is 0 Å². The SMILES string of the molecule is c1ccc(-c2ccc(-c3ccc(N(c4ccccc4-c4ccccc4)c4cc5ccc6ccccc6c5c5ccccc45)cc3)cc2)cc1. The summed E-state index contributed by atoms with van der Waals surface area (Å²) in [7, 11) is 0. The second-order valence-corrected chi connectivity index (χ2v) is 12.5. The second-order valence-electron chi connectivity index (χ2n) is 12.5. The van der Waals surface area contributed by atoms with E-state index in [0.717, 1.165) is 17.1 Å². The average molecular weight is 624 g/mol. The average Bonchev–Trinajstić information content (AvgIpc) is 3.19. The normalized spacial score (nSPS) is 11.3. The van der Waals surface area contributed by atoms with E-state index in [-0.39, 0.29) is 0 Å². The number of benzene rings is 9. The van der Waals surface area contributed by atoms with Gasteiger partial charge in [0.1, 0.15) is 0 Å². The van der Waals surface area contributed by atoms with Gasteiger partial charge >= 0.3 is 0 Å². The molecule has 0 spiro atoms. The van der Waals surface area contributed by atoms with E-state index in [1.165, 1.54) is 65.7 Å². The molecule has 0 fully saturated rings. The Hall–Kier alpha value is -6.44. The van der Waals surface area contributed by atoms with Gasteiger partial charge in [0.15, 0.2) is 0 Å². The van der Waals surface area contributed by atoms with E-state index in [4.69, 9.17) is 0 Å². The van der Waals surface area contributed by atoms with Crippen LogP contribution in [0.5, 0.6) is 0 Å². The van der Waals surface area contributed by atoms with Gasteiger partial charge in [-0.05, 0) is 79.0 Å². The first kappa shape index (κ1) is 28.8. The fourth-order valence-corrected chi connectivity index (χ4v) is 7.27. The Kier molecular flexibility index (Phi) is 7.22. The molecule has 0 N–H and O–H groups in total. The molecular formula is C48H33N. The van der Waals surface area contributed by atoms with Crippen LogP contribution in [-0.2, 0) is 0 Å². The van der Waals surface area contributed by atoms with Gasteiger partial charge in [0.2, 0.25) is 0 Å². The van der Waals surface area contributed by atoms with Crippen LogP contribution in [0, 0.1) is 0 Å². The molecule has 1 nitrogen and oxygen atoms in total. The molecule has 0 aliphatic heterocycles. The lowest BCUT2D eigenvalue weighted by molar-refractivity contribution is 1.30. The number of hydrogen-bond acceptors (Lipinski definition) is 1. The van der Waals surface area contributed by atoms with E-state index in [2.05, 4.69) is 205 Å². The highest BCUT2D eigenvalue weighted by atomic mass is 15.1. The van der Waals surface area contributed by atoms with Crippen molar-refractivity contribution in [2.24, 2.45) is 0 Å². The molecule has 9 rings (SSSR count). The summed E-state index contributed by atoms with van der Waals surface area (Å²) >= 11 is 0. The zero-order valence-corrected chi connectivity index (χ0v) is 27.0. The first-order valence-corrected chi connectivity index (χ1v) is 16.9. The lowest BCUT2D eigenvalue weighted by Gasteiger charge is -2.30. The minimum absolute atomic E-state index is 1.11. The van der Waals surface area contributed by atoms with E-state index in [9.17, 15) is 0 Å². The predicted octanol–water partition coefficient (Wildman–Crippen LogP) is 13.6. The molecular weight excluding hydrogens is 591 g/mol. The molecule has 49 heavy (non-hydrogen) atoms. The molecule has 0 aliphatic carbocycles. The van der Waals surface area contributed by atoms with Gasteiger partial charge in [-0.25, -0.2) is 0 Å². The first-order chi connectivity index (χ1) is 24.3. The molecule has 0 heterocycles. The number of hydrogen-bond donors (Lipinski definition) is 0. The van der Waals surface area contributed by atoms with Crippen LogP contribution >= 0.6 is 0 Å². The van der Waals surface area contributed by atoms with Crippen LogP contribution in [0.4, 0.5) is 17.1 Å². The van der Waals surface area contributed by atoms with Crippen LogP contribution in [0.2, 0.25) is 0 Å². The van der Waals surface area contributed by atoms with E-state index >= 15 is 0 Å². The fraction of sp³-hybridized carbons (Fsp3) is 0. The van der Waals surface area contributed by atoms with Crippen molar-refractivity contribution < 1.29 is 0 Å². The maximum absolute atomic E-state index is 2.45. The zero-order chi connectivity index (χ0) is 32.6. The summed E-state index contributed by atoms with van der Waals surface area (Å²) in [6.07, 6.45) is 0. The molecule has 0 aromatic heterocycles. The van der Waals surface area contributed by atoms with E-state index in [1.807, 2.05) is 0 Å². The molecule has 1 heteroatoms. The largest absolute Gasteiger partial charge is 0.309 e. The van der Waals surface area contributed by atoms with Gasteiger partial charge in [-0.15, -0.1) is 0 Å². The minimum atomic E-state index is 1.11. The number of fused-ring (bicyclic) bond motifs is 5. The van der Waals surface area contributed by atoms with Crippen LogP contribution in [0.1, 0.15) is 0 Å². The van der Waals surface area contributed by atoms with Crippen molar-refractivity contribution in [2.75, 3.05) is 4.90 Å². The van der Waals surface area contributed by atoms with Gasteiger partial charge in [0.25, 0.3) is 0 Å². The first-order valence-electron chi connectivity index (χ1n) is 16.9. The monoisotopic (exact) mass is 623 g/mol. The summed E-state index contributed by atoms with van der Waals surface area (Å²) in [5.74, 6) is 0. The van der Waals surface area contributed by atoms with Crippen molar-refractivity contribution in [3.05, 3.63) is 200 Å². The van der Waals surface area contributed by atoms with E-state index in [1.54, 1.807) is 0 Å². The molecule has 0 amide bonds. The summed E-state index contributed by atoms with van der Waals surface area (Å²) in [5.41, 5.74) is 10.6. The van der Waals surface area contributed by atoms with Crippen molar-refractivity contribution in [3.8, 4) is 33.4 Å². The minimum Gasteiger partial charge on any atom is -0.309 e. The maximum Gasteiger partial charge on any atom is 0.0546 e. The highest BCUT2D eigenvalue weighted by Gasteiger charge is 2.21. The molecule has 0 unspecified atom stereocenters. The fourth-order valence-electron chi connectivity index (χ4n) is 7.27. The van der Waals surface area contributed by atoms with Crippen molar-refractivity contribution in [1.82, 2.24) is 0 Å². The quantitative estimate of drug-likeness (QED) is 0.167. The number of nitrogens with zero attached hydrogens (tertiary/aromatic N) is 1. The lowest BCUT2D eigenvalue weighted by Crippen LogP contribution is -2.12. The molecule has 0 saturated heterocycles. The summed E-state index contributed by atoms with van der Waals surface area (Å²) in [4.78, 5) is 2.45. The molecule has 0 aliphatic rings. The number of rotatable bonds is 6. The third kappa shape index (κ3) is 5.23. The number of anilines is 3. The van der Waals surface area contributed by atoms with Gasteiger partial charge in [-0.2, -0.15) is 0 Å². The van der Waals surface area contributed by atoms with Gasteiger partial charge < -0.3 is 4.90 Å². The highest BCUT2D eigenvalue weighted by Crippen LogP contribution is 2.46. The molecule has 230 valence electrons. The van der Waals surface area contributed by atoms with E-state index in [0.29, 0.717) is 0 Å². The predicted molar refractivity (Wildman–Crippen MR) is 210 cm³/mol. The molecule has 0 atom stereocenters. The van der Waals surface area contributed by atoms with Crippen molar-refractivity contribution >= 4 is 49.4 Å². The Bertz CT molecular complexity index is 2570. The second kappa shape index (κ2) is 12.3. The Morgan fingerprint density at radius 1 is 0.286 bits per heavy atom. The third-order valence-electron chi connectivity index (χ3n) is 9.65. The molecule has 0 bridgehead atoms. The van der Waals surface area contributed by atoms with Gasteiger partial charge in [0, 0.05) is 16.6 Å². The Balaban J connectivity index is 1.24. The summed E-state index contributed by atoms with van der Waals surface area (Å²) in [5, 5.41) is 7.53. The third-order valence-corrected chi connectivity index (χ3v) is 9.65. The standard InChI is InChI=1S/C48H33N/c1-3-13-34(14-4-1)35-23-25-36(26-24-35)37-29-31-41(32-30-37)49(46-22-12-11-18-42(46)38-15-5-2-6-16-38)47-33-40-28-27-39-17-7-8-19-43(39)48(40)45-21-10-9-20-44(45)47/h1-33H. The molecule has 0 saturated carbocycles. The number of para-hydroxylation sites is 1. The zero-order valence-electron chi connectivity index (χ0n) is 27.0. The van der Waals surface area contributed by atoms with E-state index < -0.39 is 0 Å². The molecule has 9 aromatic rings. The Morgan fingerprint density at radius 3 is 1.47 bits per heavy atom. The Morgan fingerprint density at radius 2 is 0.776 bits per heavy atom. The van der Waals surface area contributed by atoms with Crippen LogP contribution in [0.3, 0.4) is 0 Å². The summed E-state index contributed by atoms with van der Waals surface area (Å²) < 4.78 is 0. The van der Waals surface area contributed by atoms with Gasteiger partial charge in [0.05, 0.1) is 11.4 Å². The maximum atomic E-state index is 2.45. The Labute approximate surface area is 287 Å². The highest BCUT2D eigenvalue weighted by molar-refractivity contribution is 6.23. The van der Waals surface area contributed by atoms with Crippen LogP contribution in [-0.4, -0.2) is 0 Å². The summed E-state index contributed by atoms with van der Waals surface area (Å²) in [6.45, 7) is 0. The van der Waals surface area contributed by atoms with Crippen molar-refractivity contribution in [2.45, 2.75) is 0 Å².